The summed E-state index contributed by atoms with van der Waals surface area (Å²) < 4.78 is 5.64. The fourth-order valence-corrected chi connectivity index (χ4v) is 3.22. The van der Waals surface area contributed by atoms with Crippen LogP contribution in [0.15, 0.2) is 18.2 Å². The lowest BCUT2D eigenvalue weighted by Gasteiger charge is -2.29. The molecule has 0 saturated carbocycles. The zero-order valence-electron chi connectivity index (χ0n) is 12.2. The summed E-state index contributed by atoms with van der Waals surface area (Å²) in [7, 11) is 0. The van der Waals surface area contributed by atoms with E-state index in [0.717, 1.165) is 54.8 Å². The molecule has 1 aliphatic heterocycles. The van der Waals surface area contributed by atoms with Crippen LogP contribution in [0.4, 0.5) is 0 Å². The third kappa shape index (κ3) is 4.11. The third-order valence-corrected chi connectivity index (χ3v) is 4.56. The molecule has 4 heteroatoms. The molecule has 1 N–H and O–H groups in total. The monoisotopic (exact) mass is 315 g/mol. The van der Waals surface area contributed by atoms with Gasteiger partial charge in [-0.2, -0.15) is 0 Å². The zero-order valence-corrected chi connectivity index (χ0v) is 13.7. The molecule has 0 spiro atoms. The van der Waals surface area contributed by atoms with Gasteiger partial charge in [0.2, 0.25) is 0 Å². The molecule has 2 nitrogen and oxygen atoms in total. The van der Waals surface area contributed by atoms with Crippen LogP contribution in [0.2, 0.25) is 10.0 Å². The van der Waals surface area contributed by atoms with Gasteiger partial charge in [0.15, 0.2) is 0 Å². The standard InChI is InChI=1S/C16H23Cl2NO/c1-12(2)9-19-10-16(6-7-20-11-16)8-13-14(17)4-3-5-15(13)18/h3-5,12,19H,6-11H2,1-2H3. The Bertz CT molecular complexity index is 422. The summed E-state index contributed by atoms with van der Waals surface area (Å²) in [6.45, 7) is 8.02. The summed E-state index contributed by atoms with van der Waals surface area (Å²) in [5, 5.41) is 5.07. The van der Waals surface area contributed by atoms with Gasteiger partial charge in [0, 0.05) is 28.6 Å². The first-order valence-corrected chi connectivity index (χ1v) is 7.99. The Labute approximate surface area is 131 Å². The van der Waals surface area contributed by atoms with E-state index in [0.29, 0.717) is 5.92 Å². The van der Waals surface area contributed by atoms with Crippen molar-refractivity contribution in [1.29, 1.82) is 0 Å². The van der Waals surface area contributed by atoms with E-state index in [2.05, 4.69) is 19.2 Å². The fraction of sp³-hybridized carbons (Fsp3) is 0.625. The number of hydrogen-bond donors (Lipinski definition) is 1. The van der Waals surface area contributed by atoms with E-state index in [1.807, 2.05) is 18.2 Å². The Hall–Kier alpha value is -0.280. The molecule has 1 aromatic carbocycles. The minimum atomic E-state index is 0.115. The fourth-order valence-electron chi connectivity index (χ4n) is 2.69. The summed E-state index contributed by atoms with van der Waals surface area (Å²) in [6, 6.07) is 5.71. The molecule has 2 rings (SSSR count). The van der Waals surface area contributed by atoms with Gasteiger partial charge in [0.25, 0.3) is 0 Å². The van der Waals surface area contributed by atoms with Crippen LogP contribution < -0.4 is 5.32 Å². The highest BCUT2D eigenvalue weighted by Gasteiger charge is 2.35. The van der Waals surface area contributed by atoms with Gasteiger partial charge in [-0.15, -0.1) is 0 Å². The third-order valence-electron chi connectivity index (χ3n) is 3.85. The second-order valence-electron chi connectivity index (χ2n) is 6.20. The van der Waals surface area contributed by atoms with Crippen LogP contribution in [0.1, 0.15) is 25.8 Å². The smallest absolute Gasteiger partial charge is 0.0538 e. The Morgan fingerprint density at radius 2 is 2.00 bits per heavy atom. The molecule has 1 saturated heterocycles. The Balaban J connectivity index is 2.09. The molecule has 1 heterocycles. The average Bonchev–Trinajstić information content (AvgIpc) is 2.83. The Morgan fingerprint density at radius 1 is 1.30 bits per heavy atom. The minimum absolute atomic E-state index is 0.115. The summed E-state index contributed by atoms with van der Waals surface area (Å²) in [5.41, 5.74) is 1.16. The van der Waals surface area contributed by atoms with E-state index >= 15 is 0 Å². The van der Waals surface area contributed by atoms with Gasteiger partial charge >= 0.3 is 0 Å². The van der Waals surface area contributed by atoms with E-state index in [1.54, 1.807) is 0 Å². The summed E-state index contributed by atoms with van der Waals surface area (Å²) in [4.78, 5) is 0. The molecule has 1 aliphatic rings. The van der Waals surface area contributed by atoms with Crippen molar-refractivity contribution < 1.29 is 4.74 Å². The topological polar surface area (TPSA) is 21.3 Å². The van der Waals surface area contributed by atoms with E-state index in [-0.39, 0.29) is 5.41 Å². The van der Waals surface area contributed by atoms with Crippen molar-refractivity contribution in [2.24, 2.45) is 11.3 Å². The van der Waals surface area contributed by atoms with Gasteiger partial charge in [0.1, 0.15) is 0 Å². The molecule has 0 bridgehead atoms. The maximum absolute atomic E-state index is 6.31. The highest BCUT2D eigenvalue weighted by atomic mass is 35.5. The quantitative estimate of drug-likeness (QED) is 0.850. The first-order valence-electron chi connectivity index (χ1n) is 7.24. The number of benzene rings is 1. The van der Waals surface area contributed by atoms with Crippen LogP contribution in [-0.4, -0.2) is 26.3 Å². The lowest BCUT2D eigenvalue weighted by molar-refractivity contribution is 0.149. The van der Waals surface area contributed by atoms with Crippen LogP contribution in [0.3, 0.4) is 0 Å². The molecule has 0 aliphatic carbocycles. The van der Waals surface area contributed by atoms with E-state index in [1.165, 1.54) is 0 Å². The highest BCUT2D eigenvalue weighted by molar-refractivity contribution is 6.36. The second-order valence-corrected chi connectivity index (χ2v) is 7.02. The molecular weight excluding hydrogens is 293 g/mol. The number of ether oxygens (including phenoxy) is 1. The molecule has 1 fully saturated rings. The largest absolute Gasteiger partial charge is 0.381 e. The van der Waals surface area contributed by atoms with Gasteiger partial charge in [-0.25, -0.2) is 0 Å². The number of hydrogen-bond acceptors (Lipinski definition) is 2. The van der Waals surface area contributed by atoms with E-state index in [9.17, 15) is 0 Å². The average molecular weight is 316 g/mol. The second kappa shape index (κ2) is 7.13. The molecule has 112 valence electrons. The minimum Gasteiger partial charge on any atom is -0.381 e. The van der Waals surface area contributed by atoms with Crippen molar-refractivity contribution in [2.75, 3.05) is 26.3 Å². The number of rotatable bonds is 6. The maximum atomic E-state index is 6.31. The van der Waals surface area contributed by atoms with Crippen molar-refractivity contribution in [1.82, 2.24) is 5.32 Å². The van der Waals surface area contributed by atoms with Crippen molar-refractivity contribution >= 4 is 23.2 Å². The molecular formula is C16H23Cl2NO. The summed E-state index contributed by atoms with van der Waals surface area (Å²) in [6.07, 6.45) is 1.93. The van der Waals surface area contributed by atoms with Gasteiger partial charge in [0.05, 0.1) is 6.61 Å². The lowest BCUT2D eigenvalue weighted by atomic mass is 9.80. The Morgan fingerprint density at radius 3 is 2.55 bits per heavy atom. The highest BCUT2D eigenvalue weighted by Crippen LogP contribution is 2.36. The molecule has 0 amide bonds. The van der Waals surface area contributed by atoms with Crippen molar-refractivity contribution in [3.63, 3.8) is 0 Å². The predicted molar refractivity (Wildman–Crippen MR) is 85.7 cm³/mol. The maximum Gasteiger partial charge on any atom is 0.0538 e. The van der Waals surface area contributed by atoms with Crippen molar-refractivity contribution in [3.05, 3.63) is 33.8 Å². The van der Waals surface area contributed by atoms with Crippen molar-refractivity contribution in [2.45, 2.75) is 26.7 Å². The molecule has 1 atom stereocenters. The van der Waals surface area contributed by atoms with Crippen LogP contribution in [0.25, 0.3) is 0 Å². The first-order chi connectivity index (χ1) is 9.52. The van der Waals surface area contributed by atoms with Gasteiger partial charge in [-0.3, -0.25) is 0 Å². The van der Waals surface area contributed by atoms with Crippen molar-refractivity contribution in [3.8, 4) is 0 Å². The molecule has 1 unspecified atom stereocenters. The molecule has 0 radical (unpaired) electrons. The van der Waals surface area contributed by atoms with Gasteiger partial charge < -0.3 is 10.1 Å². The SMILES string of the molecule is CC(C)CNCC1(Cc2c(Cl)cccc2Cl)CCOC1. The number of halogens is 2. The van der Waals surface area contributed by atoms with Crippen LogP contribution >= 0.6 is 23.2 Å². The molecule has 1 aromatic rings. The van der Waals surface area contributed by atoms with E-state index < -0.39 is 0 Å². The molecule has 0 aromatic heterocycles. The Kier molecular flexibility index (Phi) is 5.74. The van der Waals surface area contributed by atoms with E-state index in [4.69, 9.17) is 27.9 Å². The van der Waals surface area contributed by atoms with Gasteiger partial charge in [-0.1, -0.05) is 43.1 Å². The van der Waals surface area contributed by atoms with Gasteiger partial charge in [-0.05, 0) is 43.0 Å². The summed E-state index contributed by atoms with van der Waals surface area (Å²) in [5.74, 6) is 0.651. The van der Waals surface area contributed by atoms with Crippen LogP contribution in [0, 0.1) is 11.3 Å². The normalized spacial score (nSPS) is 22.6. The molecule has 20 heavy (non-hydrogen) atoms. The zero-order chi connectivity index (χ0) is 14.6. The predicted octanol–water partition coefficient (Wildman–Crippen LogP) is 4.19. The first kappa shape index (κ1) is 16.1. The van der Waals surface area contributed by atoms with Crippen LogP contribution in [-0.2, 0) is 11.2 Å². The number of nitrogens with one attached hydrogen (secondary N) is 1. The van der Waals surface area contributed by atoms with Crippen LogP contribution in [0.5, 0.6) is 0 Å². The summed E-state index contributed by atoms with van der Waals surface area (Å²) >= 11 is 12.6. The lowest BCUT2D eigenvalue weighted by Crippen LogP contribution is -2.38.